The highest BCUT2D eigenvalue weighted by atomic mass is 19.1. The number of carbonyl (C=O) groups is 1. The number of carbonyl (C=O) groups excluding carboxylic acids is 1. The van der Waals surface area contributed by atoms with Crippen molar-refractivity contribution in [1.29, 1.82) is 0 Å². The first kappa shape index (κ1) is 10.9. The molecular weight excluding hydrogens is 179 g/mol. The number of hydrogen-bond donors (Lipinski definition) is 0. The van der Waals surface area contributed by atoms with E-state index in [9.17, 15) is 9.18 Å². The Morgan fingerprint density at radius 2 is 1.93 bits per heavy atom. The highest BCUT2D eigenvalue weighted by Gasteiger charge is 2.01. The molecule has 0 saturated carbocycles. The molecule has 0 amide bonds. The number of hydrogen-bond acceptors (Lipinski definition) is 1. The lowest BCUT2D eigenvalue weighted by molar-refractivity contribution is -0.116. The fourth-order valence-electron chi connectivity index (χ4n) is 1.39. The lowest BCUT2D eigenvalue weighted by Crippen LogP contribution is -1.96. The van der Waals surface area contributed by atoms with E-state index in [1.54, 1.807) is 6.92 Å². The van der Waals surface area contributed by atoms with Gasteiger partial charge in [-0.3, -0.25) is 0 Å². The van der Waals surface area contributed by atoms with E-state index in [-0.39, 0.29) is 11.6 Å². The normalized spacial score (nSPS) is 10.2. The van der Waals surface area contributed by atoms with Gasteiger partial charge in [-0.15, -0.1) is 0 Å². The first-order valence-electron chi connectivity index (χ1n) is 4.89. The number of ketones is 1. The molecule has 1 aromatic rings. The van der Waals surface area contributed by atoms with Gasteiger partial charge in [-0.25, -0.2) is 4.39 Å². The van der Waals surface area contributed by atoms with Crippen molar-refractivity contribution in [1.82, 2.24) is 0 Å². The van der Waals surface area contributed by atoms with Gasteiger partial charge in [-0.2, -0.15) is 0 Å². The number of aryl methyl sites for hydroxylation is 2. The molecule has 1 rings (SSSR count). The Hall–Kier alpha value is -1.18. The zero-order chi connectivity index (χ0) is 10.6. The summed E-state index contributed by atoms with van der Waals surface area (Å²) in [5.41, 5.74) is 1.90. The van der Waals surface area contributed by atoms with E-state index >= 15 is 0 Å². The van der Waals surface area contributed by atoms with Gasteiger partial charge < -0.3 is 4.79 Å². The molecule has 0 unspecified atom stereocenters. The Balaban J connectivity index is 2.76. The maximum Gasteiger partial charge on any atom is 0.130 e. The lowest BCUT2D eigenvalue weighted by Gasteiger charge is -2.03. The topological polar surface area (TPSA) is 17.1 Å². The fourth-order valence-corrected chi connectivity index (χ4v) is 1.39. The molecule has 0 atom stereocenters. The summed E-state index contributed by atoms with van der Waals surface area (Å²) in [6.45, 7) is 3.55. The molecule has 0 aromatic heterocycles. The van der Waals surface area contributed by atoms with E-state index in [4.69, 9.17) is 0 Å². The Bertz CT molecular complexity index is 331. The van der Waals surface area contributed by atoms with Crippen LogP contribution in [0.3, 0.4) is 0 Å². The molecule has 0 heterocycles. The van der Waals surface area contributed by atoms with Crippen molar-refractivity contribution >= 4 is 5.78 Å². The van der Waals surface area contributed by atoms with Gasteiger partial charge in [0, 0.05) is 6.42 Å². The number of benzene rings is 1. The second-order valence-corrected chi connectivity index (χ2v) is 3.52. The lowest BCUT2D eigenvalue weighted by atomic mass is 10.0. The highest BCUT2D eigenvalue weighted by molar-refractivity contribution is 5.75. The first-order chi connectivity index (χ1) is 6.61. The van der Waals surface area contributed by atoms with Crippen LogP contribution in [0, 0.1) is 5.82 Å². The minimum atomic E-state index is -0.206. The molecule has 0 fully saturated rings. The predicted octanol–water partition coefficient (Wildman–Crippen LogP) is 2.91. The van der Waals surface area contributed by atoms with Crippen LogP contribution < -0.4 is 0 Å². The van der Waals surface area contributed by atoms with Crippen molar-refractivity contribution < 1.29 is 9.18 Å². The molecule has 1 aromatic carbocycles. The predicted molar refractivity (Wildman–Crippen MR) is 54.8 cm³/mol. The summed E-state index contributed by atoms with van der Waals surface area (Å²) in [7, 11) is 0. The molecule has 0 radical (unpaired) electrons. The Labute approximate surface area is 83.9 Å². The first-order valence-corrected chi connectivity index (χ1v) is 4.89. The summed E-state index contributed by atoms with van der Waals surface area (Å²) in [5, 5.41) is 0. The zero-order valence-electron chi connectivity index (χ0n) is 8.64. The van der Waals surface area contributed by atoms with Gasteiger partial charge in [0.05, 0.1) is 0 Å². The monoisotopic (exact) mass is 194 g/mol. The molecule has 0 bridgehead atoms. The van der Waals surface area contributed by atoms with Gasteiger partial charge in [0.1, 0.15) is 11.6 Å². The number of halogens is 1. The van der Waals surface area contributed by atoms with E-state index < -0.39 is 0 Å². The van der Waals surface area contributed by atoms with Crippen LogP contribution in [0.1, 0.15) is 31.4 Å². The summed E-state index contributed by atoms with van der Waals surface area (Å²) in [6, 6.07) is 5.01. The highest BCUT2D eigenvalue weighted by Crippen LogP contribution is 2.11. The SMILES string of the molecule is CCc1cc(F)cc(CCC(C)=O)c1. The van der Waals surface area contributed by atoms with Gasteiger partial charge in [0.2, 0.25) is 0 Å². The summed E-state index contributed by atoms with van der Waals surface area (Å²) in [5.74, 6) is -0.0600. The standard InChI is InChI=1S/C12H15FO/c1-3-10-6-11(5-4-9(2)14)8-12(13)7-10/h6-8H,3-5H2,1-2H3. The molecule has 2 heteroatoms. The van der Waals surface area contributed by atoms with Gasteiger partial charge in [0.25, 0.3) is 0 Å². The maximum absolute atomic E-state index is 13.1. The van der Waals surface area contributed by atoms with E-state index in [1.165, 1.54) is 12.1 Å². The molecule has 1 nitrogen and oxygen atoms in total. The molecule has 76 valence electrons. The Morgan fingerprint density at radius 3 is 2.50 bits per heavy atom. The molecule has 0 aliphatic rings. The third-order valence-corrected chi connectivity index (χ3v) is 2.19. The Morgan fingerprint density at radius 1 is 1.29 bits per heavy atom. The fraction of sp³-hybridized carbons (Fsp3) is 0.417. The summed E-state index contributed by atoms with van der Waals surface area (Å²) in [4.78, 5) is 10.8. The molecular formula is C12H15FO. The summed E-state index contributed by atoms with van der Waals surface area (Å²) >= 11 is 0. The van der Waals surface area contributed by atoms with Crippen LogP contribution in [0.2, 0.25) is 0 Å². The van der Waals surface area contributed by atoms with Crippen LogP contribution in [0.15, 0.2) is 18.2 Å². The van der Waals surface area contributed by atoms with Crippen molar-refractivity contribution in [2.45, 2.75) is 33.1 Å². The van der Waals surface area contributed by atoms with Crippen molar-refractivity contribution in [3.8, 4) is 0 Å². The third-order valence-electron chi connectivity index (χ3n) is 2.19. The van der Waals surface area contributed by atoms with Gasteiger partial charge in [-0.1, -0.05) is 13.0 Å². The van der Waals surface area contributed by atoms with Crippen LogP contribution in [0.5, 0.6) is 0 Å². The average Bonchev–Trinajstić information content (AvgIpc) is 2.14. The molecule has 0 aliphatic carbocycles. The Kier molecular flexibility index (Phi) is 3.81. The largest absolute Gasteiger partial charge is 0.300 e. The van der Waals surface area contributed by atoms with E-state index in [1.807, 2.05) is 13.0 Å². The smallest absolute Gasteiger partial charge is 0.130 e. The van der Waals surface area contributed by atoms with E-state index in [0.29, 0.717) is 12.8 Å². The maximum atomic E-state index is 13.1. The van der Waals surface area contributed by atoms with Crippen LogP contribution in [-0.4, -0.2) is 5.78 Å². The van der Waals surface area contributed by atoms with E-state index in [0.717, 1.165) is 17.5 Å². The molecule has 14 heavy (non-hydrogen) atoms. The molecule has 0 spiro atoms. The van der Waals surface area contributed by atoms with Gasteiger partial charge in [0.15, 0.2) is 0 Å². The quantitative estimate of drug-likeness (QED) is 0.720. The van der Waals surface area contributed by atoms with Crippen molar-refractivity contribution in [3.63, 3.8) is 0 Å². The van der Waals surface area contributed by atoms with Crippen molar-refractivity contribution in [3.05, 3.63) is 35.1 Å². The third kappa shape index (κ3) is 3.29. The average molecular weight is 194 g/mol. The van der Waals surface area contributed by atoms with Crippen LogP contribution >= 0.6 is 0 Å². The number of Topliss-reactive ketones (excluding diaryl/α,β-unsaturated/α-hetero) is 1. The van der Waals surface area contributed by atoms with Gasteiger partial charge >= 0.3 is 0 Å². The van der Waals surface area contributed by atoms with Crippen LogP contribution in [0.4, 0.5) is 4.39 Å². The summed E-state index contributed by atoms with van der Waals surface area (Å²) < 4.78 is 13.1. The second-order valence-electron chi connectivity index (χ2n) is 3.52. The zero-order valence-corrected chi connectivity index (χ0v) is 8.64. The minimum Gasteiger partial charge on any atom is -0.300 e. The van der Waals surface area contributed by atoms with Crippen molar-refractivity contribution in [2.75, 3.05) is 0 Å². The van der Waals surface area contributed by atoms with Crippen molar-refractivity contribution in [2.24, 2.45) is 0 Å². The minimum absolute atomic E-state index is 0.146. The van der Waals surface area contributed by atoms with Crippen LogP contribution in [-0.2, 0) is 17.6 Å². The van der Waals surface area contributed by atoms with Crippen LogP contribution in [0.25, 0.3) is 0 Å². The molecule has 0 N–H and O–H groups in total. The second kappa shape index (κ2) is 4.89. The van der Waals surface area contributed by atoms with Gasteiger partial charge in [-0.05, 0) is 43.0 Å². The summed E-state index contributed by atoms with van der Waals surface area (Å²) in [6.07, 6.45) is 1.96. The number of rotatable bonds is 4. The van der Waals surface area contributed by atoms with E-state index in [2.05, 4.69) is 0 Å². The molecule has 0 saturated heterocycles. The molecule has 0 aliphatic heterocycles.